The Morgan fingerprint density at radius 3 is 2.89 bits per heavy atom. The first-order chi connectivity index (χ1) is 16.5. The Hall–Kier alpha value is -3.76. The summed E-state index contributed by atoms with van der Waals surface area (Å²) < 4.78 is 8.46. The Balaban J connectivity index is 0.00000342. The Bertz CT molecular complexity index is 1320. The van der Waals surface area contributed by atoms with Crippen LogP contribution in [0.4, 0.5) is 10.8 Å². The molecule has 1 amide bonds. The number of anilines is 1. The molecule has 0 spiro atoms. The highest BCUT2D eigenvalue weighted by molar-refractivity contribution is 7.22. The molecule has 0 bridgehead atoms. The fraction of sp³-hybridized carbons (Fsp3) is 0.208. The van der Waals surface area contributed by atoms with E-state index in [0.29, 0.717) is 36.8 Å². The second-order valence-electron chi connectivity index (χ2n) is 7.39. The highest BCUT2D eigenvalue weighted by Crippen LogP contribution is 2.32. The number of amides is 1. The van der Waals surface area contributed by atoms with Crippen molar-refractivity contribution in [3.05, 3.63) is 82.9 Å². The van der Waals surface area contributed by atoms with Crippen molar-refractivity contribution >= 4 is 56.8 Å². The normalized spacial score (nSPS) is 10.9. The summed E-state index contributed by atoms with van der Waals surface area (Å²) in [6, 6.07) is 11.8. The average molecular weight is 514 g/mol. The lowest BCUT2D eigenvalue weighted by molar-refractivity contribution is -0.384. The highest BCUT2D eigenvalue weighted by atomic mass is 35.5. The van der Waals surface area contributed by atoms with Gasteiger partial charge < -0.3 is 9.30 Å². The third-order valence-corrected chi connectivity index (χ3v) is 6.05. The molecule has 182 valence electrons. The summed E-state index contributed by atoms with van der Waals surface area (Å²) >= 11 is 1.42. The van der Waals surface area contributed by atoms with Crippen LogP contribution < -0.4 is 9.64 Å². The van der Waals surface area contributed by atoms with Gasteiger partial charge in [-0.25, -0.2) is 9.97 Å². The molecule has 2 aromatic carbocycles. The predicted octanol–water partition coefficient (Wildman–Crippen LogP) is 5.36. The molecule has 4 aromatic rings. The number of fused-ring (bicyclic) bond motifs is 1. The van der Waals surface area contributed by atoms with Crippen molar-refractivity contribution in [3.8, 4) is 5.75 Å². The van der Waals surface area contributed by atoms with Gasteiger partial charge in [0.25, 0.3) is 11.6 Å². The second-order valence-corrected chi connectivity index (χ2v) is 8.40. The number of aryl methyl sites for hydroxylation is 1. The first kappa shape index (κ1) is 25.9. The summed E-state index contributed by atoms with van der Waals surface area (Å²) in [6.45, 7) is 3.65. The minimum absolute atomic E-state index is 0. The van der Waals surface area contributed by atoms with Gasteiger partial charge in [-0.05, 0) is 43.2 Å². The standard InChI is InChI=1S/C24H23N5O4S.ClH/c1-2-33-20-8-9-21-22(16-20)34-24(26-21)28(13-4-12-27-14-11-25-17-27)23(30)10-7-18-5-3-6-19(15-18)29(31)32;/h3,5-11,14-17H,2,4,12-13H2,1H3;1H/b10-7+;. The van der Waals surface area contributed by atoms with Gasteiger partial charge in [-0.2, -0.15) is 0 Å². The number of nitrogens with zero attached hydrogens (tertiary/aromatic N) is 5. The van der Waals surface area contributed by atoms with Crippen molar-refractivity contribution in [2.75, 3.05) is 18.1 Å². The molecule has 4 rings (SSSR count). The number of non-ortho nitro benzene ring substituents is 1. The average Bonchev–Trinajstić information content (AvgIpc) is 3.50. The van der Waals surface area contributed by atoms with E-state index in [-0.39, 0.29) is 24.0 Å². The molecule has 2 heterocycles. The number of carbonyl (C=O) groups is 1. The molecule has 0 aliphatic heterocycles. The molecule has 0 saturated heterocycles. The van der Waals surface area contributed by atoms with Crippen molar-refractivity contribution < 1.29 is 14.5 Å². The van der Waals surface area contributed by atoms with Crippen molar-refractivity contribution in [2.24, 2.45) is 0 Å². The van der Waals surface area contributed by atoms with E-state index in [9.17, 15) is 14.9 Å². The van der Waals surface area contributed by atoms with E-state index >= 15 is 0 Å². The number of nitro benzene ring substituents is 1. The van der Waals surface area contributed by atoms with E-state index in [2.05, 4.69) is 9.97 Å². The quantitative estimate of drug-likeness (QED) is 0.161. The largest absolute Gasteiger partial charge is 0.494 e. The van der Waals surface area contributed by atoms with Crippen LogP contribution in [0.2, 0.25) is 0 Å². The van der Waals surface area contributed by atoms with Gasteiger partial charge >= 0.3 is 0 Å². The number of rotatable bonds is 10. The Morgan fingerprint density at radius 1 is 1.29 bits per heavy atom. The van der Waals surface area contributed by atoms with Crippen LogP contribution in [0, 0.1) is 10.1 Å². The molecule has 35 heavy (non-hydrogen) atoms. The van der Waals surface area contributed by atoms with Crippen LogP contribution in [0.15, 0.2) is 67.3 Å². The van der Waals surface area contributed by atoms with Crippen molar-refractivity contribution in [2.45, 2.75) is 19.9 Å². The maximum Gasteiger partial charge on any atom is 0.270 e. The van der Waals surface area contributed by atoms with Gasteiger partial charge in [0.1, 0.15) is 5.75 Å². The molecule has 0 N–H and O–H groups in total. The Morgan fingerprint density at radius 2 is 2.14 bits per heavy atom. The molecule has 0 aliphatic rings. The molecular weight excluding hydrogens is 490 g/mol. The number of benzene rings is 2. The van der Waals surface area contributed by atoms with Crippen LogP contribution in [0.5, 0.6) is 5.75 Å². The molecule has 0 saturated carbocycles. The van der Waals surface area contributed by atoms with E-state index in [1.807, 2.05) is 35.9 Å². The lowest BCUT2D eigenvalue weighted by atomic mass is 10.2. The summed E-state index contributed by atoms with van der Waals surface area (Å²) in [7, 11) is 0. The van der Waals surface area contributed by atoms with Crippen LogP contribution in [-0.4, -0.2) is 38.5 Å². The zero-order chi connectivity index (χ0) is 23.9. The fourth-order valence-electron chi connectivity index (χ4n) is 3.39. The number of hydrogen-bond acceptors (Lipinski definition) is 7. The molecule has 2 aromatic heterocycles. The molecule has 0 atom stereocenters. The lowest BCUT2D eigenvalue weighted by Crippen LogP contribution is -2.30. The predicted molar refractivity (Wildman–Crippen MR) is 139 cm³/mol. The lowest BCUT2D eigenvalue weighted by Gasteiger charge is -2.18. The summed E-state index contributed by atoms with van der Waals surface area (Å²) in [5, 5.41) is 11.6. The van der Waals surface area contributed by atoms with Gasteiger partial charge in [-0.15, -0.1) is 12.4 Å². The van der Waals surface area contributed by atoms with E-state index in [0.717, 1.165) is 16.0 Å². The third kappa shape index (κ3) is 6.65. The number of imidazole rings is 1. The minimum atomic E-state index is -0.459. The van der Waals surface area contributed by atoms with Gasteiger partial charge in [0.15, 0.2) is 5.13 Å². The number of halogens is 1. The molecular formula is C24H24ClN5O4S. The highest BCUT2D eigenvalue weighted by Gasteiger charge is 2.18. The zero-order valence-electron chi connectivity index (χ0n) is 18.9. The number of thiazole rings is 1. The molecule has 9 nitrogen and oxygen atoms in total. The zero-order valence-corrected chi connectivity index (χ0v) is 20.6. The molecule has 0 radical (unpaired) electrons. The SMILES string of the molecule is CCOc1ccc2nc(N(CCCn3ccnc3)C(=O)/C=C/c3cccc([N+](=O)[O-])c3)sc2c1.Cl. The van der Waals surface area contributed by atoms with E-state index in [1.54, 1.807) is 35.6 Å². The fourth-order valence-corrected chi connectivity index (χ4v) is 4.42. The monoisotopic (exact) mass is 513 g/mol. The number of hydrogen-bond donors (Lipinski definition) is 0. The van der Waals surface area contributed by atoms with Gasteiger partial charge in [0, 0.05) is 43.7 Å². The van der Waals surface area contributed by atoms with Crippen LogP contribution in [-0.2, 0) is 11.3 Å². The summed E-state index contributed by atoms with van der Waals surface area (Å²) in [5.74, 6) is 0.509. The van der Waals surface area contributed by atoms with Crippen LogP contribution in [0.25, 0.3) is 16.3 Å². The number of ether oxygens (including phenoxy) is 1. The van der Waals surface area contributed by atoms with Crippen LogP contribution >= 0.6 is 23.7 Å². The van der Waals surface area contributed by atoms with Crippen molar-refractivity contribution in [1.29, 1.82) is 0 Å². The topological polar surface area (TPSA) is 103 Å². The van der Waals surface area contributed by atoms with Crippen LogP contribution in [0.1, 0.15) is 18.9 Å². The first-order valence-corrected chi connectivity index (χ1v) is 11.6. The number of carbonyl (C=O) groups excluding carboxylic acids is 1. The third-order valence-electron chi connectivity index (χ3n) is 5.01. The van der Waals surface area contributed by atoms with E-state index in [4.69, 9.17) is 4.74 Å². The van der Waals surface area contributed by atoms with E-state index in [1.165, 1.54) is 29.5 Å². The summed E-state index contributed by atoms with van der Waals surface area (Å²) in [4.78, 5) is 34.1. The minimum Gasteiger partial charge on any atom is -0.494 e. The first-order valence-electron chi connectivity index (χ1n) is 10.8. The summed E-state index contributed by atoms with van der Waals surface area (Å²) in [5.41, 5.74) is 1.34. The Kier molecular flexibility index (Phi) is 8.93. The molecule has 11 heteroatoms. The maximum atomic E-state index is 13.2. The van der Waals surface area contributed by atoms with Gasteiger partial charge in [0.05, 0.1) is 28.1 Å². The Labute approximate surface area is 212 Å². The van der Waals surface area contributed by atoms with Gasteiger partial charge in [-0.3, -0.25) is 19.8 Å². The van der Waals surface area contributed by atoms with Crippen molar-refractivity contribution in [3.63, 3.8) is 0 Å². The maximum absolute atomic E-state index is 13.2. The summed E-state index contributed by atoms with van der Waals surface area (Å²) in [6.07, 6.45) is 9.04. The van der Waals surface area contributed by atoms with Crippen LogP contribution in [0.3, 0.4) is 0 Å². The number of aromatic nitrogens is 3. The van der Waals surface area contributed by atoms with E-state index < -0.39 is 4.92 Å². The molecule has 0 unspecified atom stereocenters. The second kappa shape index (κ2) is 12.1. The van der Waals surface area contributed by atoms with Crippen molar-refractivity contribution in [1.82, 2.24) is 14.5 Å². The number of nitro groups is 1. The smallest absolute Gasteiger partial charge is 0.270 e. The molecule has 0 fully saturated rings. The van der Waals surface area contributed by atoms with Gasteiger partial charge in [-0.1, -0.05) is 23.5 Å². The van der Waals surface area contributed by atoms with Gasteiger partial charge in [0.2, 0.25) is 0 Å². The molecule has 0 aliphatic carbocycles.